The number of aromatic amines is 1. The zero-order valence-electron chi connectivity index (χ0n) is 15.4. The zero-order valence-corrected chi connectivity index (χ0v) is 16.9. The highest BCUT2D eigenvalue weighted by atomic mass is 35.5. The molecule has 0 bridgehead atoms. The predicted octanol–water partition coefficient (Wildman–Crippen LogP) is 2.98. The van der Waals surface area contributed by atoms with E-state index in [1.807, 2.05) is 6.08 Å². The van der Waals surface area contributed by atoms with Crippen LogP contribution in [-0.4, -0.2) is 47.0 Å². The molecule has 0 spiro atoms. The smallest absolute Gasteiger partial charge is 0.439 e. The van der Waals surface area contributed by atoms with Crippen LogP contribution >= 0.6 is 23.2 Å². The molecule has 0 saturated carbocycles. The van der Waals surface area contributed by atoms with Crippen molar-refractivity contribution in [2.24, 2.45) is 0 Å². The van der Waals surface area contributed by atoms with Gasteiger partial charge >= 0.3 is 5.76 Å². The van der Waals surface area contributed by atoms with Crippen LogP contribution < -0.4 is 15.8 Å². The molecule has 8 nitrogen and oxygen atoms in total. The zero-order chi connectivity index (χ0) is 20.6. The summed E-state index contributed by atoms with van der Waals surface area (Å²) in [5, 5.41) is 7.75. The molecule has 1 fully saturated rings. The second kappa shape index (κ2) is 10.4. The van der Waals surface area contributed by atoms with Crippen molar-refractivity contribution in [1.29, 1.82) is 0 Å². The minimum atomic E-state index is -0.652. The number of nitrogens with one attached hydrogen (secondary N) is 2. The summed E-state index contributed by atoms with van der Waals surface area (Å²) in [4.78, 5) is 18.1. The fourth-order valence-electron chi connectivity index (χ4n) is 2.74. The lowest BCUT2D eigenvalue weighted by atomic mass is 10.1. The van der Waals surface area contributed by atoms with Crippen LogP contribution in [0.5, 0.6) is 5.88 Å². The van der Waals surface area contributed by atoms with E-state index in [0.717, 1.165) is 0 Å². The largest absolute Gasteiger partial charge is 0.470 e. The van der Waals surface area contributed by atoms with Crippen molar-refractivity contribution in [3.8, 4) is 17.3 Å². The average Bonchev–Trinajstić information content (AvgIpc) is 3.04. The summed E-state index contributed by atoms with van der Waals surface area (Å²) in [5.74, 6) is -0.0932. The van der Waals surface area contributed by atoms with Crippen molar-refractivity contribution in [2.45, 2.75) is 18.6 Å². The summed E-state index contributed by atoms with van der Waals surface area (Å²) in [7, 11) is 0. The van der Waals surface area contributed by atoms with Crippen molar-refractivity contribution >= 4 is 23.2 Å². The summed E-state index contributed by atoms with van der Waals surface area (Å²) in [6.07, 6.45) is 6.60. The van der Waals surface area contributed by atoms with Crippen LogP contribution in [0.15, 0.2) is 62.5 Å². The predicted molar refractivity (Wildman–Crippen MR) is 110 cm³/mol. The Bertz CT molecular complexity index is 953. The van der Waals surface area contributed by atoms with Gasteiger partial charge in [0, 0.05) is 19.3 Å². The van der Waals surface area contributed by atoms with Gasteiger partial charge in [-0.3, -0.25) is 9.51 Å². The second-order valence-electron chi connectivity index (χ2n) is 6.11. The third kappa shape index (κ3) is 5.80. The van der Waals surface area contributed by atoms with Crippen LogP contribution in [0, 0.1) is 0 Å². The molecule has 3 heterocycles. The van der Waals surface area contributed by atoms with Gasteiger partial charge < -0.3 is 14.8 Å². The number of halogens is 2. The molecule has 10 heteroatoms. The quantitative estimate of drug-likeness (QED) is 0.640. The Balaban J connectivity index is 1.78. The van der Waals surface area contributed by atoms with Gasteiger partial charge in [-0.2, -0.15) is 0 Å². The number of pyridine rings is 1. The Morgan fingerprint density at radius 2 is 2.28 bits per heavy atom. The number of allylic oxidation sites excluding steroid dienone is 4. The van der Waals surface area contributed by atoms with Crippen LogP contribution in [0.1, 0.15) is 6.42 Å². The molecular weight excluding hydrogens is 419 g/mol. The highest BCUT2D eigenvalue weighted by Crippen LogP contribution is 2.26. The van der Waals surface area contributed by atoms with Crippen molar-refractivity contribution in [1.82, 2.24) is 20.4 Å². The standard InChI is InChI=1S/C19H20Cl2N4O4/c1-2-13(20)14(21)6-3-7-15-16(11-22-9-10-27-15)28-18-12(5-4-8-23-18)17-24-19(26)29-25-17/h2-6,8,15-16,22H,1,7,9-11H2,(H,24,25,26). The first-order valence-corrected chi connectivity index (χ1v) is 9.68. The molecule has 1 saturated heterocycles. The van der Waals surface area contributed by atoms with Gasteiger partial charge in [-0.1, -0.05) is 41.0 Å². The van der Waals surface area contributed by atoms with E-state index in [1.165, 1.54) is 6.08 Å². The summed E-state index contributed by atoms with van der Waals surface area (Å²) in [5.41, 5.74) is 0.514. The Kier molecular flexibility index (Phi) is 7.65. The molecule has 29 heavy (non-hydrogen) atoms. The molecule has 2 unspecified atom stereocenters. The maximum Gasteiger partial charge on any atom is 0.439 e. The summed E-state index contributed by atoms with van der Waals surface area (Å²) < 4.78 is 16.7. The number of hydrogen-bond donors (Lipinski definition) is 2. The van der Waals surface area contributed by atoms with Gasteiger partial charge in [0.15, 0.2) is 5.82 Å². The Hall–Kier alpha value is -2.39. The van der Waals surface area contributed by atoms with Crippen molar-refractivity contribution in [2.75, 3.05) is 19.7 Å². The van der Waals surface area contributed by atoms with Gasteiger partial charge in [0.25, 0.3) is 0 Å². The van der Waals surface area contributed by atoms with Crippen molar-refractivity contribution < 1.29 is 14.0 Å². The van der Waals surface area contributed by atoms with Crippen molar-refractivity contribution in [3.63, 3.8) is 0 Å². The van der Waals surface area contributed by atoms with Crippen LogP contribution in [0.2, 0.25) is 0 Å². The number of H-pyrrole nitrogens is 1. The maximum absolute atomic E-state index is 11.3. The van der Waals surface area contributed by atoms with Crippen LogP contribution in [0.4, 0.5) is 0 Å². The van der Waals surface area contributed by atoms with Gasteiger partial charge in [-0.25, -0.2) is 9.78 Å². The SMILES string of the molecule is C=CC(Cl)=C(Cl)C=CCC1OCCNCC1Oc1ncccc1-c1noc(=O)[nH]1. The van der Waals surface area contributed by atoms with E-state index in [9.17, 15) is 4.79 Å². The van der Waals surface area contributed by atoms with E-state index in [4.69, 9.17) is 32.7 Å². The summed E-state index contributed by atoms with van der Waals surface area (Å²) >= 11 is 12.0. The molecule has 2 aromatic heterocycles. The molecule has 2 N–H and O–H groups in total. The maximum atomic E-state index is 11.3. The first-order chi connectivity index (χ1) is 14.1. The van der Waals surface area contributed by atoms with Gasteiger partial charge in [0.1, 0.15) is 6.10 Å². The Labute approximate surface area is 177 Å². The van der Waals surface area contributed by atoms with E-state index < -0.39 is 5.76 Å². The topological polar surface area (TPSA) is 102 Å². The van der Waals surface area contributed by atoms with Crippen LogP contribution in [0.3, 0.4) is 0 Å². The van der Waals surface area contributed by atoms with E-state index in [-0.39, 0.29) is 18.0 Å². The molecule has 0 radical (unpaired) electrons. The Morgan fingerprint density at radius 3 is 3.03 bits per heavy atom. The molecule has 0 aromatic carbocycles. The molecule has 154 valence electrons. The lowest BCUT2D eigenvalue weighted by Gasteiger charge is -2.25. The fraction of sp³-hybridized carbons (Fsp3) is 0.316. The highest BCUT2D eigenvalue weighted by molar-refractivity contribution is 6.41. The van der Waals surface area contributed by atoms with Crippen molar-refractivity contribution in [3.05, 3.63) is 63.8 Å². The third-order valence-corrected chi connectivity index (χ3v) is 4.92. The molecule has 0 aliphatic carbocycles. The molecular formula is C19H20Cl2N4O4. The monoisotopic (exact) mass is 438 g/mol. The second-order valence-corrected chi connectivity index (χ2v) is 6.92. The molecule has 2 atom stereocenters. The molecule has 1 aliphatic rings. The lowest BCUT2D eigenvalue weighted by Crippen LogP contribution is -2.39. The minimum Gasteiger partial charge on any atom is -0.470 e. The minimum absolute atomic E-state index is 0.244. The molecule has 2 aromatic rings. The number of aromatic nitrogens is 3. The normalized spacial score (nSPS) is 20.9. The number of ether oxygens (including phenoxy) is 2. The molecule has 1 aliphatic heterocycles. The van der Waals surface area contributed by atoms with E-state index >= 15 is 0 Å². The van der Waals surface area contributed by atoms with E-state index in [0.29, 0.717) is 47.6 Å². The summed E-state index contributed by atoms with van der Waals surface area (Å²) in [6, 6.07) is 3.45. The van der Waals surface area contributed by atoms with Gasteiger partial charge in [0.05, 0.1) is 28.3 Å². The van der Waals surface area contributed by atoms with Crippen LogP contribution in [0.25, 0.3) is 11.4 Å². The molecule has 3 rings (SSSR count). The first-order valence-electron chi connectivity index (χ1n) is 8.93. The summed E-state index contributed by atoms with van der Waals surface area (Å²) in [6.45, 7) is 5.39. The Morgan fingerprint density at radius 1 is 1.41 bits per heavy atom. The lowest BCUT2D eigenvalue weighted by molar-refractivity contribution is -0.00594. The highest BCUT2D eigenvalue weighted by Gasteiger charge is 2.27. The first kappa shape index (κ1) is 21.3. The third-order valence-electron chi connectivity index (χ3n) is 4.14. The average molecular weight is 439 g/mol. The van der Waals surface area contributed by atoms with Gasteiger partial charge in [-0.05, 0) is 30.7 Å². The van der Waals surface area contributed by atoms with E-state index in [1.54, 1.807) is 24.4 Å². The fourth-order valence-corrected chi connectivity index (χ4v) is 2.97. The number of rotatable bonds is 7. The number of nitrogens with zero attached hydrogens (tertiary/aromatic N) is 2. The van der Waals surface area contributed by atoms with Gasteiger partial charge in [-0.15, -0.1) is 0 Å². The van der Waals surface area contributed by atoms with E-state index in [2.05, 4.69) is 31.5 Å². The van der Waals surface area contributed by atoms with Crippen LogP contribution in [-0.2, 0) is 4.74 Å². The molecule has 0 amide bonds. The van der Waals surface area contributed by atoms with Gasteiger partial charge in [0.2, 0.25) is 5.88 Å². The number of hydrogen-bond acceptors (Lipinski definition) is 7.